The van der Waals surface area contributed by atoms with Crippen LogP contribution in [0.15, 0.2) is 35.8 Å². The quantitative estimate of drug-likeness (QED) is 0.761. The molecule has 0 spiro atoms. The third-order valence-electron chi connectivity index (χ3n) is 2.99. The van der Waals surface area contributed by atoms with Gasteiger partial charge in [0, 0.05) is 18.4 Å². The lowest BCUT2D eigenvalue weighted by Crippen LogP contribution is -1.95. The van der Waals surface area contributed by atoms with E-state index in [0.29, 0.717) is 6.42 Å². The maximum absolute atomic E-state index is 9.83. The van der Waals surface area contributed by atoms with Crippen molar-refractivity contribution in [2.45, 2.75) is 51.9 Å². The van der Waals surface area contributed by atoms with Crippen LogP contribution < -0.4 is 0 Å². The molecule has 2 aliphatic rings. The average molecular weight is 250 g/mol. The third-order valence-corrected chi connectivity index (χ3v) is 2.99. The fourth-order valence-corrected chi connectivity index (χ4v) is 1.79. The van der Waals surface area contributed by atoms with Gasteiger partial charge in [-0.1, -0.05) is 13.5 Å². The van der Waals surface area contributed by atoms with Crippen molar-refractivity contribution in [2.24, 2.45) is 0 Å². The summed E-state index contributed by atoms with van der Waals surface area (Å²) in [6.07, 6.45) is 12.2. The summed E-state index contributed by atoms with van der Waals surface area (Å²) in [5.74, 6) is 1.51. The Kier molecular flexibility index (Phi) is 6.26. The van der Waals surface area contributed by atoms with E-state index in [0.717, 1.165) is 12.8 Å². The topological polar surface area (TPSA) is 46.5 Å². The smallest absolute Gasteiger partial charge is 0.330 e. The van der Waals surface area contributed by atoms with Gasteiger partial charge in [0.2, 0.25) is 0 Å². The number of aliphatic carboxylic acids is 1. The Morgan fingerprint density at radius 1 is 1.28 bits per heavy atom. The number of carbonyl (C=O) groups is 1. The number of ether oxygens (including phenoxy) is 1. The summed E-state index contributed by atoms with van der Waals surface area (Å²) in [7, 11) is 0. The van der Waals surface area contributed by atoms with Gasteiger partial charge in [-0.25, -0.2) is 4.79 Å². The molecule has 0 aromatic rings. The minimum Gasteiger partial charge on any atom is -0.478 e. The maximum Gasteiger partial charge on any atom is 0.330 e. The van der Waals surface area contributed by atoms with Crippen LogP contribution in [0.5, 0.6) is 0 Å². The molecule has 1 N–H and O–H groups in total. The Bertz CT molecular complexity index is 342. The monoisotopic (exact) mass is 250 g/mol. The average Bonchev–Trinajstić information content (AvgIpc) is 3.02. The summed E-state index contributed by atoms with van der Waals surface area (Å²) < 4.78 is 5.69. The molecule has 0 aliphatic heterocycles. The predicted molar refractivity (Wildman–Crippen MR) is 72.0 cm³/mol. The van der Waals surface area contributed by atoms with Crippen molar-refractivity contribution in [2.75, 3.05) is 0 Å². The number of carboxylic acid groups (broad SMARTS) is 1. The first-order valence-electron chi connectivity index (χ1n) is 6.60. The predicted octanol–water partition coefficient (Wildman–Crippen LogP) is 4.18. The molecule has 2 aliphatic carbocycles. The van der Waals surface area contributed by atoms with Gasteiger partial charge in [-0.3, -0.25) is 0 Å². The first-order valence-corrected chi connectivity index (χ1v) is 6.60. The van der Waals surface area contributed by atoms with E-state index in [-0.39, 0.29) is 5.57 Å². The lowest BCUT2D eigenvalue weighted by atomic mass is 10.2. The van der Waals surface area contributed by atoms with Crippen LogP contribution in [0.2, 0.25) is 0 Å². The molecule has 0 amide bonds. The zero-order chi connectivity index (χ0) is 13.4. The molecule has 0 fully saturated rings. The van der Waals surface area contributed by atoms with Gasteiger partial charge in [0.15, 0.2) is 0 Å². The molecule has 0 heterocycles. The fourth-order valence-electron chi connectivity index (χ4n) is 1.79. The highest BCUT2D eigenvalue weighted by Gasteiger charge is 2.10. The van der Waals surface area contributed by atoms with Crippen LogP contribution in [0.1, 0.15) is 51.9 Å². The minimum absolute atomic E-state index is 0.264. The highest BCUT2D eigenvalue weighted by Crippen LogP contribution is 2.26. The molecule has 0 unspecified atom stereocenters. The summed E-state index contributed by atoms with van der Waals surface area (Å²) >= 11 is 0. The zero-order valence-corrected chi connectivity index (χ0v) is 11.1. The standard InChI is InChI=1S/C10H14O.C5H8O2/c1-2-6-9(5-1)11-10-7-3-4-8-10;1-3-4(2)5(6)7/h5,7H,1-4,6,8H2;2-3H2,1H3,(H,6,7). The molecule has 0 radical (unpaired) electrons. The maximum atomic E-state index is 9.83. The van der Waals surface area contributed by atoms with Crippen molar-refractivity contribution >= 4 is 5.97 Å². The number of rotatable bonds is 4. The van der Waals surface area contributed by atoms with Crippen molar-refractivity contribution in [3.63, 3.8) is 0 Å². The van der Waals surface area contributed by atoms with Crippen molar-refractivity contribution in [1.29, 1.82) is 0 Å². The molecule has 3 nitrogen and oxygen atoms in total. The van der Waals surface area contributed by atoms with E-state index in [2.05, 4.69) is 18.7 Å². The Morgan fingerprint density at radius 2 is 1.78 bits per heavy atom. The molecule has 0 saturated carbocycles. The van der Waals surface area contributed by atoms with Crippen LogP contribution in [0, 0.1) is 0 Å². The molecule has 0 atom stereocenters. The van der Waals surface area contributed by atoms with Crippen LogP contribution in [0.25, 0.3) is 0 Å². The Labute approximate surface area is 109 Å². The molecular formula is C15H22O3. The van der Waals surface area contributed by atoms with Crippen LogP contribution >= 0.6 is 0 Å². The van der Waals surface area contributed by atoms with Crippen molar-refractivity contribution in [3.8, 4) is 0 Å². The number of hydrogen-bond acceptors (Lipinski definition) is 2. The van der Waals surface area contributed by atoms with E-state index >= 15 is 0 Å². The van der Waals surface area contributed by atoms with E-state index in [1.165, 1.54) is 37.2 Å². The van der Waals surface area contributed by atoms with E-state index in [9.17, 15) is 4.79 Å². The Morgan fingerprint density at radius 3 is 2.00 bits per heavy atom. The Hall–Kier alpha value is -1.51. The summed E-state index contributed by atoms with van der Waals surface area (Å²) in [6, 6.07) is 0. The summed E-state index contributed by atoms with van der Waals surface area (Å²) in [4.78, 5) is 9.83. The molecule has 100 valence electrons. The largest absolute Gasteiger partial charge is 0.478 e. The third kappa shape index (κ3) is 5.21. The summed E-state index contributed by atoms with van der Waals surface area (Å²) in [5, 5.41) is 8.08. The van der Waals surface area contributed by atoms with E-state index in [4.69, 9.17) is 9.84 Å². The van der Waals surface area contributed by atoms with Gasteiger partial charge in [0.1, 0.15) is 0 Å². The molecule has 3 heteroatoms. The minimum atomic E-state index is -0.900. The fraction of sp³-hybridized carbons (Fsp3) is 0.533. The number of carboxylic acids is 1. The molecule has 18 heavy (non-hydrogen) atoms. The van der Waals surface area contributed by atoms with Crippen LogP contribution in [-0.4, -0.2) is 11.1 Å². The van der Waals surface area contributed by atoms with Gasteiger partial charge in [-0.05, 0) is 44.3 Å². The number of allylic oxidation sites excluding steroid dienone is 4. The van der Waals surface area contributed by atoms with Gasteiger partial charge in [-0.2, -0.15) is 0 Å². The summed E-state index contributed by atoms with van der Waals surface area (Å²) in [5.41, 5.74) is 0.264. The van der Waals surface area contributed by atoms with E-state index in [1.54, 1.807) is 6.92 Å². The van der Waals surface area contributed by atoms with Gasteiger partial charge >= 0.3 is 5.97 Å². The normalized spacial score (nSPS) is 17.4. The highest BCUT2D eigenvalue weighted by atomic mass is 16.5. The molecular weight excluding hydrogens is 228 g/mol. The van der Waals surface area contributed by atoms with Crippen LogP contribution in [-0.2, 0) is 9.53 Å². The molecule has 0 aromatic heterocycles. The van der Waals surface area contributed by atoms with Crippen LogP contribution in [0.4, 0.5) is 0 Å². The lowest BCUT2D eigenvalue weighted by molar-refractivity contribution is -0.132. The molecule has 0 aromatic carbocycles. The zero-order valence-electron chi connectivity index (χ0n) is 11.1. The number of hydrogen-bond donors (Lipinski definition) is 1. The lowest BCUT2D eigenvalue weighted by Gasteiger charge is -2.05. The SMILES string of the molecule is C1=C(OC2=CCCC2)CCC1.C=C(CC)C(=O)O. The second kappa shape index (κ2) is 7.75. The molecule has 0 saturated heterocycles. The second-order valence-electron chi connectivity index (χ2n) is 4.49. The van der Waals surface area contributed by atoms with Gasteiger partial charge in [-0.15, -0.1) is 0 Å². The van der Waals surface area contributed by atoms with Crippen molar-refractivity contribution in [1.82, 2.24) is 0 Å². The van der Waals surface area contributed by atoms with Crippen LogP contribution in [0.3, 0.4) is 0 Å². The molecule has 0 bridgehead atoms. The van der Waals surface area contributed by atoms with Crippen molar-refractivity contribution < 1.29 is 14.6 Å². The van der Waals surface area contributed by atoms with Gasteiger partial charge in [0.05, 0.1) is 11.5 Å². The van der Waals surface area contributed by atoms with Gasteiger partial charge in [0.25, 0.3) is 0 Å². The first-order chi connectivity index (χ1) is 8.63. The first kappa shape index (κ1) is 14.6. The summed E-state index contributed by atoms with van der Waals surface area (Å²) in [6.45, 7) is 5.03. The Balaban J connectivity index is 0.000000203. The van der Waals surface area contributed by atoms with E-state index in [1.807, 2.05) is 0 Å². The second-order valence-corrected chi connectivity index (χ2v) is 4.49. The molecule has 2 rings (SSSR count). The highest BCUT2D eigenvalue weighted by molar-refractivity contribution is 5.85. The van der Waals surface area contributed by atoms with E-state index < -0.39 is 5.97 Å². The van der Waals surface area contributed by atoms with Gasteiger partial charge < -0.3 is 9.84 Å². The van der Waals surface area contributed by atoms with Crippen molar-refractivity contribution in [3.05, 3.63) is 35.8 Å².